The largest absolute Gasteiger partial charge is 0.295 e. The van der Waals surface area contributed by atoms with Gasteiger partial charge < -0.3 is 0 Å². The Balaban J connectivity index is 1.70. The van der Waals surface area contributed by atoms with E-state index in [0.717, 1.165) is 5.56 Å². The highest BCUT2D eigenvalue weighted by Crippen LogP contribution is 2.47. The van der Waals surface area contributed by atoms with Crippen LogP contribution in [0, 0.1) is 17.2 Å². The number of rotatable bonds is 5. The van der Waals surface area contributed by atoms with Crippen molar-refractivity contribution in [2.75, 3.05) is 0 Å². The first kappa shape index (κ1) is 17.8. The molecule has 1 amide bonds. The van der Waals surface area contributed by atoms with Crippen LogP contribution in [0.5, 0.6) is 0 Å². The molecule has 3 rings (SSSR count). The molecule has 0 saturated heterocycles. The molecular weight excluding hydrogens is 352 g/mol. The number of Topliss-reactive ketones (excluding diaryl/α,β-unsaturated/α-hetero) is 1. The zero-order valence-corrected chi connectivity index (χ0v) is 14.8. The summed E-state index contributed by atoms with van der Waals surface area (Å²) < 4.78 is 26.8. The van der Waals surface area contributed by atoms with Crippen molar-refractivity contribution >= 4 is 21.7 Å². The zero-order valence-electron chi connectivity index (χ0n) is 14.0. The van der Waals surface area contributed by atoms with Crippen LogP contribution in [0.1, 0.15) is 40.7 Å². The summed E-state index contributed by atoms with van der Waals surface area (Å²) in [5.74, 6) is -1.25. The Morgan fingerprint density at radius 2 is 1.85 bits per heavy atom. The van der Waals surface area contributed by atoms with Crippen LogP contribution in [0.25, 0.3) is 0 Å². The highest BCUT2D eigenvalue weighted by Gasteiger charge is 2.45. The summed E-state index contributed by atoms with van der Waals surface area (Å²) in [5, 5.41) is 8.94. The van der Waals surface area contributed by atoms with Crippen molar-refractivity contribution in [3.8, 4) is 6.07 Å². The van der Waals surface area contributed by atoms with E-state index in [2.05, 4.69) is 4.72 Å². The maximum Gasteiger partial charge on any atom is 0.264 e. The second kappa shape index (κ2) is 6.73. The SMILES string of the molecule is CC(=O)c1ccc(S(=O)(=O)NC(=O)[C@H]2C[C@H]2c2cccc(C#N)c2)cc1. The first-order chi connectivity index (χ1) is 12.3. The fraction of sp³-hybridized carbons (Fsp3) is 0.211. The molecule has 0 aliphatic heterocycles. The third kappa shape index (κ3) is 3.65. The molecular formula is C19H16N2O4S. The number of nitrogens with zero attached hydrogens (tertiary/aromatic N) is 1. The quantitative estimate of drug-likeness (QED) is 0.816. The van der Waals surface area contributed by atoms with E-state index in [0.29, 0.717) is 17.5 Å². The van der Waals surface area contributed by atoms with Crippen LogP contribution in [-0.2, 0) is 14.8 Å². The highest BCUT2D eigenvalue weighted by molar-refractivity contribution is 7.90. The minimum Gasteiger partial charge on any atom is -0.295 e. The van der Waals surface area contributed by atoms with E-state index < -0.39 is 21.8 Å². The predicted octanol–water partition coefficient (Wildman–Crippen LogP) is 2.37. The topological polar surface area (TPSA) is 104 Å². The number of nitrogens with one attached hydrogen (secondary N) is 1. The molecule has 0 bridgehead atoms. The summed E-state index contributed by atoms with van der Waals surface area (Å²) >= 11 is 0. The molecule has 0 unspecified atom stereocenters. The van der Waals surface area contributed by atoms with Gasteiger partial charge >= 0.3 is 0 Å². The van der Waals surface area contributed by atoms with E-state index in [1.165, 1.54) is 31.2 Å². The van der Waals surface area contributed by atoms with Crippen LogP contribution < -0.4 is 4.72 Å². The monoisotopic (exact) mass is 368 g/mol. The third-order valence-electron chi connectivity index (χ3n) is 4.38. The van der Waals surface area contributed by atoms with Crippen molar-refractivity contribution in [1.82, 2.24) is 4.72 Å². The van der Waals surface area contributed by atoms with E-state index in [-0.39, 0.29) is 16.6 Å². The number of benzene rings is 2. The van der Waals surface area contributed by atoms with E-state index in [9.17, 15) is 18.0 Å². The Morgan fingerprint density at radius 1 is 1.15 bits per heavy atom. The first-order valence-corrected chi connectivity index (χ1v) is 9.48. The highest BCUT2D eigenvalue weighted by atomic mass is 32.2. The molecule has 0 spiro atoms. The molecule has 132 valence electrons. The Kier molecular flexibility index (Phi) is 4.62. The summed E-state index contributed by atoms with van der Waals surface area (Å²) in [7, 11) is -3.99. The van der Waals surface area contributed by atoms with Crippen LogP contribution in [-0.4, -0.2) is 20.1 Å². The van der Waals surface area contributed by atoms with Gasteiger partial charge in [-0.2, -0.15) is 5.26 Å². The molecule has 2 aromatic rings. The number of carbonyl (C=O) groups excluding carboxylic acids is 2. The van der Waals surface area contributed by atoms with Crippen molar-refractivity contribution in [3.63, 3.8) is 0 Å². The van der Waals surface area contributed by atoms with Crippen molar-refractivity contribution in [1.29, 1.82) is 5.26 Å². The van der Waals surface area contributed by atoms with Gasteiger partial charge in [-0.1, -0.05) is 24.3 Å². The van der Waals surface area contributed by atoms with Gasteiger partial charge in [0.25, 0.3) is 10.0 Å². The molecule has 0 radical (unpaired) electrons. The van der Waals surface area contributed by atoms with Crippen molar-refractivity contribution in [2.24, 2.45) is 5.92 Å². The number of sulfonamides is 1. The van der Waals surface area contributed by atoms with E-state index in [1.807, 2.05) is 12.1 Å². The molecule has 1 fully saturated rings. The lowest BCUT2D eigenvalue weighted by Gasteiger charge is -2.07. The van der Waals surface area contributed by atoms with Crippen LogP contribution in [0.15, 0.2) is 53.4 Å². The Hall–Kier alpha value is -2.98. The average molecular weight is 368 g/mol. The van der Waals surface area contributed by atoms with E-state index in [4.69, 9.17) is 5.26 Å². The number of hydrogen-bond acceptors (Lipinski definition) is 5. The van der Waals surface area contributed by atoms with Crippen molar-refractivity contribution in [2.45, 2.75) is 24.2 Å². The molecule has 26 heavy (non-hydrogen) atoms. The lowest BCUT2D eigenvalue weighted by molar-refractivity contribution is -0.120. The number of hydrogen-bond donors (Lipinski definition) is 1. The molecule has 1 aliphatic rings. The van der Waals surface area contributed by atoms with Gasteiger partial charge in [0.15, 0.2) is 5.78 Å². The van der Waals surface area contributed by atoms with Gasteiger partial charge in [0.05, 0.1) is 16.5 Å². The van der Waals surface area contributed by atoms with Crippen LogP contribution in [0.2, 0.25) is 0 Å². The minimum absolute atomic E-state index is 0.0699. The van der Waals surface area contributed by atoms with Gasteiger partial charge in [-0.15, -0.1) is 0 Å². The van der Waals surface area contributed by atoms with Gasteiger partial charge in [0.2, 0.25) is 5.91 Å². The first-order valence-electron chi connectivity index (χ1n) is 7.99. The van der Waals surface area contributed by atoms with Gasteiger partial charge in [0, 0.05) is 11.5 Å². The second-order valence-corrected chi connectivity index (χ2v) is 7.92. The average Bonchev–Trinajstić information content (AvgIpc) is 3.42. The van der Waals surface area contributed by atoms with Crippen LogP contribution in [0.3, 0.4) is 0 Å². The molecule has 1 N–H and O–H groups in total. The number of carbonyl (C=O) groups is 2. The number of ketones is 1. The van der Waals surface area contributed by atoms with Crippen LogP contribution in [0.4, 0.5) is 0 Å². The summed E-state index contributed by atoms with van der Waals surface area (Å²) in [6.45, 7) is 1.39. The Bertz CT molecular complexity index is 1020. The van der Waals surface area contributed by atoms with E-state index in [1.54, 1.807) is 18.2 Å². The summed E-state index contributed by atoms with van der Waals surface area (Å²) in [5.41, 5.74) is 1.76. The fourth-order valence-electron chi connectivity index (χ4n) is 2.83. The minimum atomic E-state index is -3.99. The van der Waals surface area contributed by atoms with Crippen LogP contribution >= 0.6 is 0 Å². The zero-order chi connectivity index (χ0) is 18.9. The maximum absolute atomic E-state index is 12.3. The molecule has 1 saturated carbocycles. The summed E-state index contributed by atoms with van der Waals surface area (Å²) in [6.07, 6.45) is 0.541. The third-order valence-corrected chi connectivity index (χ3v) is 5.74. The normalized spacial score (nSPS) is 18.6. The molecule has 2 atom stereocenters. The number of nitriles is 1. The standard InChI is InChI=1S/C19H16N2O4S/c1-12(22)14-5-7-16(8-6-14)26(24,25)21-19(23)18-10-17(18)15-4-2-3-13(9-15)11-20/h2-9,17-18H,10H2,1H3,(H,21,23)/t17-,18-/m0/s1. The predicted molar refractivity (Wildman–Crippen MR) is 93.8 cm³/mol. The van der Waals surface area contributed by atoms with Crippen molar-refractivity contribution < 1.29 is 18.0 Å². The summed E-state index contributed by atoms with van der Waals surface area (Å²) in [4.78, 5) is 23.5. The lowest BCUT2D eigenvalue weighted by Crippen LogP contribution is -2.32. The van der Waals surface area contributed by atoms with Gasteiger partial charge in [-0.25, -0.2) is 13.1 Å². The molecule has 7 heteroatoms. The van der Waals surface area contributed by atoms with Crippen molar-refractivity contribution in [3.05, 3.63) is 65.2 Å². The lowest BCUT2D eigenvalue weighted by atomic mass is 10.1. The smallest absolute Gasteiger partial charge is 0.264 e. The molecule has 6 nitrogen and oxygen atoms in total. The molecule has 0 heterocycles. The van der Waals surface area contributed by atoms with Gasteiger partial charge in [-0.3, -0.25) is 9.59 Å². The number of amides is 1. The molecule has 0 aromatic heterocycles. The summed E-state index contributed by atoms with van der Waals surface area (Å²) in [6, 6.07) is 14.4. The Labute approximate surface area is 151 Å². The maximum atomic E-state index is 12.3. The fourth-order valence-corrected chi connectivity index (χ4v) is 3.86. The van der Waals surface area contributed by atoms with E-state index >= 15 is 0 Å². The second-order valence-electron chi connectivity index (χ2n) is 6.24. The van der Waals surface area contributed by atoms with Gasteiger partial charge in [-0.05, 0) is 49.1 Å². The molecule has 2 aromatic carbocycles. The molecule has 1 aliphatic carbocycles. The van der Waals surface area contributed by atoms with Gasteiger partial charge in [0.1, 0.15) is 0 Å². The Morgan fingerprint density at radius 3 is 2.46 bits per heavy atom.